The lowest BCUT2D eigenvalue weighted by atomic mass is 9.88. The van der Waals surface area contributed by atoms with Crippen LogP contribution < -0.4 is 0 Å². The second-order valence-corrected chi connectivity index (χ2v) is 6.37. The first-order chi connectivity index (χ1) is 11.3. The minimum absolute atomic E-state index is 0.472. The molecular formula is C19H25N3O. The van der Waals surface area contributed by atoms with Crippen LogP contribution in [0.4, 0.5) is 0 Å². The summed E-state index contributed by atoms with van der Waals surface area (Å²) in [6.07, 6.45) is 6.39. The van der Waals surface area contributed by atoms with Gasteiger partial charge in [0.2, 0.25) is 0 Å². The van der Waals surface area contributed by atoms with Crippen molar-refractivity contribution in [3.8, 4) is 0 Å². The summed E-state index contributed by atoms with van der Waals surface area (Å²) in [5, 5.41) is 0. The van der Waals surface area contributed by atoms with Gasteiger partial charge in [0.05, 0.1) is 0 Å². The molecule has 1 aromatic heterocycles. The zero-order valence-electron chi connectivity index (χ0n) is 14.0. The summed E-state index contributed by atoms with van der Waals surface area (Å²) in [6, 6.07) is 8.78. The smallest absolute Gasteiger partial charge is 0.153 e. The van der Waals surface area contributed by atoms with E-state index in [1.807, 2.05) is 12.4 Å². The van der Waals surface area contributed by atoms with Crippen molar-refractivity contribution >= 4 is 0 Å². The molecule has 0 aliphatic carbocycles. The second kappa shape index (κ2) is 7.66. The molecule has 3 rings (SSSR count). The fraction of sp³-hybridized carbons (Fsp3) is 0.474. The lowest BCUT2D eigenvalue weighted by Crippen LogP contribution is -2.34. The molecule has 0 radical (unpaired) electrons. The Balaban J connectivity index is 1.63. The Morgan fingerprint density at radius 1 is 1.22 bits per heavy atom. The van der Waals surface area contributed by atoms with E-state index in [-0.39, 0.29) is 0 Å². The molecule has 0 amide bonds. The monoisotopic (exact) mass is 311 g/mol. The molecule has 0 spiro atoms. The summed E-state index contributed by atoms with van der Waals surface area (Å²) in [4.78, 5) is 11.2. The Kier molecular flexibility index (Phi) is 5.36. The topological polar surface area (TPSA) is 38.2 Å². The van der Waals surface area contributed by atoms with Gasteiger partial charge >= 0.3 is 0 Å². The Bertz CT molecular complexity index is 627. The van der Waals surface area contributed by atoms with Crippen molar-refractivity contribution in [1.29, 1.82) is 0 Å². The molecule has 1 fully saturated rings. The van der Waals surface area contributed by atoms with Gasteiger partial charge < -0.3 is 4.74 Å². The van der Waals surface area contributed by atoms with E-state index in [1.165, 1.54) is 29.5 Å². The molecule has 1 aliphatic rings. The van der Waals surface area contributed by atoms with Gasteiger partial charge in [0.25, 0.3) is 0 Å². The van der Waals surface area contributed by atoms with Gasteiger partial charge in [-0.15, -0.1) is 0 Å². The van der Waals surface area contributed by atoms with Crippen LogP contribution >= 0.6 is 0 Å². The summed E-state index contributed by atoms with van der Waals surface area (Å²) >= 11 is 0. The number of benzene rings is 1. The molecule has 4 heteroatoms. The molecular weight excluding hydrogens is 286 g/mol. The Hall–Kier alpha value is -1.78. The predicted molar refractivity (Wildman–Crippen MR) is 91.2 cm³/mol. The van der Waals surface area contributed by atoms with E-state index in [4.69, 9.17) is 4.74 Å². The van der Waals surface area contributed by atoms with Crippen molar-refractivity contribution in [1.82, 2.24) is 14.9 Å². The average Bonchev–Trinajstić information content (AvgIpc) is 2.58. The fourth-order valence-corrected chi connectivity index (χ4v) is 3.42. The zero-order chi connectivity index (χ0) is 16.1. The molecule has 0 saturated carbocycles. The molecule has 4 nitrogen and oxygen atoms in total. The van der Waals surface area contributed by atoms with Gasteiger partial charge in [0.1, 0.15) is 6.61 Å². The van der Waals surface area contributed by atoms with Crippen molar-refractivity contribution < 1.29 is 4.74 Å². The molecule has 2 heterocycles. The van der Waals surface area contributed by atoms with Crippen LogP contribution in [0.1, 0.15) is 41.3 Å². The fourth-order valence-electron chi connectivity index (χ4n) is 3.42. The van der Waals surface area contributed by atoms with Crippen LogP contribution in [0.5, 0.6) is 0 Å². The SMILES string of the molecule is COCc1ncc(CN2CCC[C@H](c3ccccc3C)C2)cn1. The molecule has 0 N–H and O–H groups in total. The average molecular weight is 311 g/mol. The third kappa shape index (κ3) is 4.15. The van der Waals surface area contributed by atoms with Gasteiger partial charge in [-0.2, -0.15) is 0 Å². The maximum atomic E-state index is 5.06. The number of methoxy groups -OCH3 is 1. The first-order valence-corrected chi connectivity index (χ1v) is 8.33. The maximum Gasteiger partial charge on any atom is 0.153 e. The molecule has 0 unspecified atom stereocenters. The van der Waals surface area contributed by atoms with Crippen LogP contribution in [-0.2, 0) is 17.9 Å². The number of aryl methyl sites for hydroxylation is 1. The van der Waals surface area contributed by atoms with Crippen LogP contribution in [-0.4, -0.2) is 35.1 Å². The standard InChI is InChI=1S/C19H25N3O/c1-15-6-3-4-8-18(15)17-7-5-9-22(13-17)12-16-10-20-19(14-23-2)21-11-16/h3-4,6,8,10-11,17H,5,7,9,12-14H2,1-2H3/t17-/m0/s1. The summed E-state index contributed by atoms with van der Waals surface area (Å²) in [5.74, 6) is 1.38. The van der Waals surface area contributed by atoms with Crippen LogP contribution in [0.2, 0.25) is 0 Å². The first kappa shape index (κ1) is 16.1. The van der Waals surface area contributed by atoms with Gasteiger partial charge in [-0.05, 0) is 43.4 Å². The van der Waals surface area contributed by atoms with Crippen LogP contribution in [0.3, 0.4) is 0 Å². The third-order valence-corrected chi connectivity index (χ3v) is 4.57. The lowest BCUT2D eigenvalue weighted by Gasteiger charge is -2.33. The Labute approximate surface area is 138 Å². The van der Waals surface area contributed by atoms with Crippen molar-refractivity contribution in [2.45, 2.75) is 38.8 Å². The molecule has 23 heavy (non-hydrogen) atoms. The van der Waals surface area contributed by atoms with Crippen molar-refractivity contribution in [2.24, 2.45) is 0 Å². The maximum absolute atomic E-state index is 5.06. The molecule has 1 saturated heterocycles. The van der Waals surface area contributed by atoms with Crippen LogP contribution in [0.15, 0.2) is 36.7 Å². The van der Waals surface area contributed by atoms with E-state index in [1.54, 1.807) is 7.11 Å². The highest BCUT2D eigenvalue weighted by atomic mass is 16.5. The van der Waals surface area contributed by atoms with Crippen molar-refractivity contribution in [2.75, 3.05) is 20.2 Å². The van der Waals surface area contributed by atoms with E-state index >= 15 is 0 Å². The molecule has 1 aliphatic heterocycles. The van der Waals surface area contributed by atoms with Gasteiger partial charge in [-0.25, -0.2) is 9.97 Å². The number of piperidine rings is 1. The van der Waals surface area contributed by atoms with Crippen LogP contribution in [0.25, 0.3) is 0 Å². The quantitative estimate of drug-likeness (QED) is 0.849. The number of hydrogen-bond acceptors (Lipinski definition) is 4. The number of likely N-dealkylation sites (tertiary alicyclic amines) is 1. The number of hydrogen-bond donors (Lipinski definition) is 0. The zero-order valence-corrected chi connectivity index (χ0v) is 14.0. The lowest BCUT2D eigenvalue weighted by molar-refractivity contribution is 0.177. The minimum Gasteiger partial charge on any atom is -0.377 e. The molecule has 122 valence electrons. The highest BCUT2D eigenvalue weighted by Gasteiger charge is 2.22. The van der Waals surface area contributed by atoms with Crippen LogP contribution in [0, 0.1) is 6.92 Å². The van der Waals surface area contributed by atoms with Gasteiger partial charge in [-0.3, -0.25) is 4.90 Å². The van der Waals surface area contributed by atoms with E-state index in [0.717, 1.165) is 25.5 Å². The highest BCUT2D eigenvalue weighted by Crippen LogP contribution is 2.29. The first-order valence-electron chi connectivity index (χ1n) is 8.33. The van der Waals surface area contributed by atoms with E-state index < -0.39 is 0 Å². The Morgan fingerprint density at radius 3 is 2.74 bits per heavy atom. The number of ether oxygens (including phenoxy) is 1. The molecule has 1 atom stereocenters. The highest BCUT2D eigenvalue weighted by molar-refractivity contribution is 5.29. The van der Waals surface area contributed by atoms with E-state index in [0.29, 0.717) is 12.5 Å². The molecule has 1 aromatic carbocycles. The summed E-state index contributed by atoms with van der Waals surface area (Å²) in [5.41, 5.74) is 4.09. The normalized spacial score (nSPS) is 19.0. The van der Waals surface area contributed by atoms with E-state index in [2.05, 4.69) is 46.1 Å². The summed E-state index contributed by atoms with van der Waals surface area (Å²) < 4.78 is 5.06. The third-order valence-electron chi connectivity index (χ3n) is 4.57. The number of rotatable bonds is 5. The van der Waals surface area contributed by atoms with Crippen molar-refractivity contribution in [3.63, 3.8) is 0 Å². The van der Waals surface area contributed by atoms with Gasteiger partial charge in [0.15, 0.2) is 5.82 Å². The van der Waals surface area contributed by atoms with E-state index in [9.17, 15) is 0 Å². The van der Waals surface area contributed by atoms with Gasteiger partial charge in [0, 0.05) is 38.2 Å². The largest absolute Gasteiger partial charge is 0.377 e. The minimum atomic E-state index is 0.472. The molecule has 0 bridgehead atoms. The number of nitrogens with zero attached hydrogens (tertiary/aromatic N) is 3. The van der Waals surface area contributed by atoms with Crippen molar-refractivity contribution in [3.05, 3.63) is 59.2 Å². The summed E-state index contributed by atoms with van der Waals surface area (Å²) in [6.45, 7) is 5.89. The second-order valence-electron chi connectivity index (χ2n) is 6.37. The molecule has 2 aromatic rings. The Morgan fingerprint density at radius 2 is 2.00 bits per heavy atom. The predicted octanol–water partition coefficient (Wildman–Crippen LogP) is 3.31. The number of aromatic nitrogens is 2. The van der Waals surface area contributed by atoms with Gasteiger partial charge in [-0.1, -0.05) is 24.3 Å². The summed E-state index contributed by atoms with van der Waals surface area (Å²) in [7, 11) is 1.66.